The third kappa shape index (κ3) is 5.85. The minimum Gasteiger partial charge on any atom is -0.339 e. The van der Waals surface area contributed by atoms with Crippen LogP contribution in [-0.2, 0) is 11.3 Å². The van der Waals surface area contributed by atoms with Gasteiger partial charge in [0.25, 0.3) is 5.91 Å². The van der Waals surface area contributed by atoms with Crippen molar-refractivity contribution in [1.29, 1.82) is 0 Å². The van der Waals surface area contributed by atoms with Gasteiger partial charge in [-0.05, 0) is 49.4 Å². The molecule has 0 N–H and O–H groups in total. The number of fused-ring (bicyclic) bond motifs is 3. The fourth-order valence-corrected chi connectivity index (χ4v) is 6.81. The van der Waals surface area contributed by atoms with Crippen LogP contribution in [0.15, 0.2) is 71.2 Å². The summed E-state index contributed by atoms with van der Waals surface area (Å²) in [5, 5.41) is 12.6. The molecule has 41 heavy (non-hydrogen) atoms. The summed E-state index contributed by atoms with van der Waals surface area (Å²) in [6.07, 6.45) is 1.18. The first-order chi connectivity index (χ1) is 20.0. The molecule has 1 fully saturated rings. The van der Waals surface area contributed by atoms with Crippen LogP contribution in [-0.4, -0.2) is 72.8 Å². The number of piperazine rings is 1. The monoisotopic (exact) mass is 584 g/mol. The van der Waals surface area contributed by atoms with E-state index >= 15 is 0 Å². The van der Waals surface area contributed by atoms with Gasteiger partial charge in [0, 0.05) is 49.8 Å². The number of benzene rings is 2. The molecule has 0 saturated carbocycles. The molecule has 0 bridgehead atoms. The summed E-state index contributed by atoms with van der Waals surface area (Å²) in [4.78, 5) is 35.2. The van der Waals surface area contributed by atoms with Crippen molar-refractivity contribution in [2.45, 2.75) is 44.4 Å². The molecule has 4 heterocycles. The van der Waals surface area contributed by atoms with E-state index in [1.807, 2.05) is 40.3 Å². The normalized spacial score (nSPS) is 15.6. The van der Waals surface area contributed by atoms with Crippen molar-refractivity contribution in [3.8, 4) is 0 Å². The molecule has 8 nitrogen and oxygen atoms in total. The van der Waals surface area contributed by atoms with Crippen molar-refractivity contribution in [1.82, 2.24) is 29.5 Å². The lowest BCUT2D eigenvalue weighted by molar-refractivity contribution is -0.133. The van der Waals surface area contributed by atoms with Gasteiger partial charge in [-0.2, -0.15) is 0 Å². The molecule has 0 radical (unpaired) electrons. The molecule has 1 atom stereocenters. The number of thioether (sulfide) groups is 1. The zero-order valence-corrected chi connectivity index (χ0v) is 24.8. The molecule has 6 rings (SSSR count). The van der Waals surface area contributed by atoms with Gasteiger partial charge in [0.2, 0.25) is 11.1 Å². The predicted octanol–water partition coefficient (Wildman–Crippen LogP) is 5.64. The van der Waals surface area contributed by atoms with Gasteiger partial charge in [-0.3, -0.25) is 9.59 Å². The van der Waals surface area contributed by atoms with Crippen LogP contribution >= 0.6 is 23.1 Å². The molecule has 10 heteroatoms. The molecular formula is C31H32N6O2S2. The first-order valence-corrected chi connectivity index (χ1v) is 15.8. The topological polar surface area (TPSA) is 84.2 Å². The zero-order valence-electron chi connectivity index (χ0n) is 23.2. The maximum atomic E-state index is 12.9. The Bertz CT molecular complexity index is 1690. The summed E-state index contributed by atoms with van der Waals surface area (Å²) in [5.41, 5.74) is 5.10. The van der Waals surface area contributed by atoms with E-state index in [4.69, 9.17) is 4.98 Å². The van der Waals surface area contributed by atoms with E-state index in [0.717, 1.165) is 39.1 Å². The number of aryl methyl sites for hydroxylation is 1. The molecule has 1 aliphatic rings. The van der Waals surface area contributed by atoms with Crippen LogP contribution in [0.25, 0.3) is 22.1 Å². The summed E-state index contributed by atoms with van der Waals surface area (Å²) in [6, 6.07) is 20.5. The maximum Gasteiger partial charge on any atom is 0.264 e. The van der Waals surface area contributed by atoms with Gasteiger partial charge in [0.1, 0.15) is 5.52 Å². The average Bonchev–Trinajstić information content (AvgIpc) is 3.63. The van der Waals surface area contributed by atoms with Crippen LogP contribution < -0.4 is 0 Å². The van der Waals surface area contributed by atoms with Gasteiger partial charge in [0.15, 0.2) is 5.65 Å². The van der Waals surface area contributed by atoms with E-state index in [1.165, 1.54) is 34.2 Å². The van der Waals surface area contributed by atoms with Gasteiger partial charge >= 0.3 is 0 Å². The van der Waals surface area contributed by atoms with E-state index < -0.39 is 0 Å². The Morgan fingerprint density at radius 1 is 1.05 bits per heavy atom. The van der Waals surface area contributed by atoms with E-state index in [0.29, 0.717) is 37.8 Å². The second-order valence-electron chi connectivity index (χ2n) is 10.5. The third-order valence-corrected chi connectivity index (χ3v) is 9.31. The lowest BCUT2D eigenvalue weighted by atomic mass is 10.1. The van der Waals surface area contributed by atoms with E-state index in [1.54, 1.807) is 0 Å². The number of carbonyl (C=O) groups is 2. The standard InChI is InChI=1S/C31H32N6O2S2/c1-21-12-13-25-24(18-21)28-29(37(25)20-23-8-4-3-5-9-23)32-31(34-33-28)41-17-7-11-27(38)35-14-15-36(22(2)19-35)30(39)26-10-6-16-40-26/h3-6,8-10,12-13,16,18,22H,7,11,14-15,17,19-20H2,1-2H3. The third-order valence-electron chi connectivity index (χ3n) is 7.53. The summed E-state index contributed by atoms with van der Waals surface area (Å²) in [6.45, 7) is 6.50. The number of hydrogen-bond donors (Lipinski definition) is 0. The van der Waals surface area contributed by atoms with E-state index in [-0.39, 0.29) is 17.9 Å². The highest BCUT2D eigenvalue weighted by atomic mass is 32.2. The highest BCUT2D eigenvalue weighted by Crippen LogP contribution is 2.29. The van der Waals surface area contributed by atoms with Gasteiger partial charge in [-0.25, -0.2) is 4.98 Å². The smallest absolute Gasteiger partial charge is 0.264 e. The molecule has 5 aromatic rings. The summed E-state index contributed by atoms with van der Waals surface area (Å²) in [7, 11) is 0. The van der Waals surface area contributed by atoms with Gasteiger partial charge in [-0.15, -0.1) is 21.5 Å². The highest BCUT2D eigenvalue weighted by Gasteiger charge is 2.30. The molecule has 2 aromatic carbocycles. The van der Waals surface area contributed by atoms with E-state index in [2.05, 4.69) is 64.2 Å². The number of carbonyl (C=O) groups excluding carboxylic acids is 2. The Hall–Kier alpha value is -3.76. The molecule has 0 spiro atoms. The molecule has 2 amide bonds. The highest BCUT2D eigenvalue weighted by molar-refractivity contribution is 7.99. The molecule has 210 valence electrons. The van der Waals surface area contributed by atoms with Crippen LogP contribution in [0.2, 0.25) is 0 Å². The van der Waals surface area contributed by atoms with Gasteiger partial charge in [-0.1, -0.05) is 59.8 Å². The van der Waals surface area contributed by atoms with Crippen molar-refractivity contribution >= 4 is 57.0 Å². The second kappa shape index (κ2) is 12.0. The van der Waals surface area contributed by atoms with Crippen LogP contribution in [0.4, 0.5) is 0 Å². The van der Waals surface area contributed by atoms with E-state index in [9.17, 15) is 9.59 Å². The Kier molecular flexibility index (Phi) is 8.02. The molecule has 1 unspecified atom stereocenters. The first-order valence-electron chi connectivity index (χ1n) is 13.9. The fourth-order valence-electron chi connectivity index (χ4n) is 5.41. The largest absolute Gasteiger partial charge is 0.339 e. The van der Waals surface area contributed by atoms with Crippen LogP contribution in [0.5, 0.6) is 0 Å². The Morgan fingerprint density at radius 2 is 1.90 bits per heavy atom. The van der Waals surface area contributed by atoms with Crippen molar-refractivity contribution in [2.75, 3.05) is 25.4 Å². The lowest BCUT2D eigenvalue weighted by Crippen LogP contribution is -2.55. The minimum atomic E-state index is -0.00527. The van der Waals surface area contributed by atoms with Crippen LogP contribution in [0.1, 0.15) is 40.6 Å². The number of thiophene rings is 1. The fraction of sp³-hybridized carbons (Fsp3) is 0.323. The molecule has 1 saturated heterocycles. The Balaban J connectivity index is 1.08. The average molecular weight is 585 g/mol. The number of aromatic nitrogens is 4. The van der Waals surface area contributed by atoms with Crippen molar-refractivity contribution in [2.24, 2.45) is 0 Å². The Morgan fingerprint density at radius 3 is 2.68 bits per heavy atom. The molecule has 1 aliphatic heterocycles. The van der Waals surface area contributed by atoms with Crippen molar-refractivity contribution in [3.63, 3.8) is 0 Å². The quantitative estimate of drug-likeness (QED) is 0.173. The van der Waals surface area contributed by atoms with Crippen molar-refractivity contribution in [3.05, 3.63) is 82.0 Å². The summed E-state index contributed by atoms with van der Waals surface area (Å²) < 4.78 is 2.21. The number of amides is 2. The van der Waals surface area contributed by atoms with Gasteiger partial charge < -0.3 is 14.4 Å². The van der Waals surface area contributed by atoms with Crippen LogP contribution in [0.3, 0.4) is 0 Å². The van der Waals surface area contributed by atoms with Gasteiger partial charge in [0.05, 0.1) is 10.4 Å². The second-order valence-corrected chi connectivity index (χ2v) is 12.5. The number of rotatable bonds is 8. The van der Waals surface area contributed by atoms with Crippen LogP contribution in [0, 0.1) is 6.92 Å². The SMILES string of the molecule is Cc1ccc2c(c1)c1nnc(SCCCC(=O)N3CCN(C(=O)c4cccs4)C(C)C3)nc1n2Cc1ccccc1. The Labute approximate surface area is 247 Å². The minimum absolute atomic E-state index is 0.00527. The first kappa shape index (κ1) is 27.4. The van der Waals surface area contributed by atoms with Crippen molar-refractivity contribution < 1.29 is 9.59 Å². The summed E-state index contributed by atoms with van der Waals surface area (Å²) >= 11 is 2.99. The number of hydrogen-bond acceptors (Lipinski definition) is 7. The summed E-state index contributed by atoms with van der Waals surface area (Å²) in [5.74, 6) is 0.914. The maximum absolute atomic E-state index is 12.9. The lowest BCUT2D eigenvalue weighted by Gasteiger charge is -2.39. The molecule has 3 aromatic heterocycles. The number of nitrogens with zero attached hydrogens (tertiary/aromatic N) is 6. The molecular weight excluding hydrogens is 553 g/mol. The molecule has 0 aliphatic carbocycles. The zero-order chi connectivity index (χ0) is 28.3. The predicted molar refractivity (Wildman–Crippen MR) is 164 cm³/mol.